The summed E-state index contributed by atoms with van der Waals surface area (Å²) in [5.74, 6) is -0.165. The van der Waals surface area contributed by atoms with Gasteiger partial charge in [-0.1, -0.05) is 437 Å². The summed E-state index contributed by atoms with van der Waals surface area (Å²) in [4.78, 5) is 23.5. The van der Waals surface area contributed by atoms with Gasteiger partial charge in [0.2, 0.25) is 5.91 Å². The van der Waals surface area contributed by atoms with Crippen LogP contribution in [-0.4, -0.2) is 73.4 Å². The van der Waals surface area contributed by atoms with Gasteiger partial charge in [0.1, 0.15) is 13.2 Å². The van der Waals surface area contributed by atoms with Crippen LogP contribution in [0.25, 0.3) is 0 Å². The van der Waals surface area contributed by atoms with Gasteiger partial charge in [0.05, 0.1) is 39.9 Å². The summed E-state index contributed by atoms with van der Waals surface area (Å²) >= 11 is 0. The van der Waals surface area contributed by atoms with Crippen LogP contribution in [0, 0.1) is 0 Å². The largest absolute Gasteiger partial charge is 0.472 e. The minimum absolute atomic E-state index is 0.0657. The van der Waals surface area contributed by atoms with Crippen LogP contribution in [0.5, 0.6) is 0 Å². The van der Waals surface area contributed by atoms with Crippen LogP contribution >= 0.6 is 7.82 Å². The zero-order valence-corrected chi connectivity index (χ0v) is 62.8. The molecule has 8 nitrogen and oxygen atoms in total. The number of allylic oxidation sites excluding steroid dienone is 1. The van der Waals surface area contributed by atoms with Gasteiger partial charge < -0.3 is 19.8 Å². The van der Waals surface area contributed by atoms with Crippen molar-refractivity contribution < 1.29 is 32.9 Å². The Hall–Kier alpha value is -0.760. The molecule has 0 radical (unpaired) electrons. The maximum atomic E-state index is 13.1. The van der Waals surface area contributed by atoms with E-state index < -0.39 is 20.0 Å². The van der Waals surface area contributed by atoms with E-state index in [0.29, 0.717) is 17.4 Å². The molecular weight excluding hydrogens is 1130 g/mol. The number of hydrogen-bond acceptors (Lipinski definition) is 5. The predicted molar refractivity (Wildman–Crippen MR) is 397 cm³/mol. The smallest absolute Gasteiger partial charge is 0.387 e. The highest BCUT2D eigenvalue weighted by Gasteiger charge is 2.28. The first-order valence-corrected chi connectivity index (χ1v) is 42.6. The topological polar surface area (TPSA) is 105 Å². The van der Waals surface area contributed by atoms with Gasteiger partial charge >= 0.3 is 7.82 Å². The molecule has 0 aliphatic carbocycles. The number of carbonyl (C=O) groups excluding carboxylic acids is 1. The zero-order chi connectivity index (χ0) is 65.5. The van der Waals surface area contributed by atoms with Crippen LogP contribution < -0.4 is 5.32 Å². The van der Waals surface area contributed by atoms with E-state index in [1.165, 1.54) is 398 Å². The van der Waals surface area contributed by atoms with E-state index in [2.05, 4.69) is 19.2 Å². The second-order valence-electron chi connectivity index (χ2n) is 29.9. The highest BCUT2D eigenvalue weighted by molar-refractivity contribution is 7.47. The summed E-state index contributed by atoms with van der Waals surface area (Å²) in [6.45, 7) is 4.90. The third kappa shape index (κ3) is 74.6. The average molecular weight is 1290 g/mol. The molecule has 90 heavy (non-hydrogen) atoms. The van der Waals surface area contributed by atoms with Crippen molar-refractivity contribution in [1.29, 1.82) is 0 Å². The molecule has 3 unspecified atom stereocenters. The third-order valence-corrected chi connectivity index (χ3v) is 20.5. The van der Waals surface area contributed by atoms with Gasteiger partial charge in [0.15, 0.2) is 0 Å². The molecule has 0 aliphatic rings. The van der Waals surface area contributed by atoms with E-state index in [1.807, 2.05) is 27.2 Å². The number of aliphatic hydroxyl groups is 1. The van der Waals surface area contributed by atoms with Crippen molar-refractivity contribution >= 4 is 13.7 Å². The molecule has 0 spiro atoms. The number of phosphoric ester groups is 1. The molecular formula is C81H164N2O6P+. The van der Waals surface area contributed by atoms with Crippen molar-refractivity contribution in [3.05, 3.63) is 12.2 Å². The summed E-state index contributed by atoms with van der Waals surface area (Å²) in [6.07, 6.45) is 95.7. The Morgan fingerprint density at radius 2 is 0.589 bits per heavy atom. The lowest BCUT2D eigenvalue weighted by Crippen LogP contribution is -2.45. The molecule has 9 heteroatoms. The van der Waals surface area contributed by atoms with Gasteiger partial charge in [-0.3, -0.25) is 13.8 Å². The predicted octanol–water partition coefficient (Wildman–Crippen LogP) is 26.8. The Labute approximate surface area is 564 Å². The highest BCUT2D eigenvalue weighted by atomic mass is 31.2. The van der Waals surface area contributed by atoms with E-state index in [1.54, 1.807) is 6.08 Å². The molecule has 0 aromatic carbocycles. The Morgan fingerprint density at radius 3 is 0.822 bits per heavy atom. The fraction of sp³-hybridized carbons (Fsp3) is 0.963. The van der Waals surface area contributed by atoms with Crippen LogP contribution in [0.4, 0.5) is 0 Å². The summed E-state index contributed by atoms with van der Waals surface area (Å²) in [5, 5.41) is 14.1. The fourth-order valence-electron chi connectivity index (χ4n) is 13.2. The number of hydrogen-bond donors (Lipinski definition) is 3. The molecule has 0 saturated carbocycles. The summed E-state index contributed by atoms with van der Waals surface area (Å²) in [7, 11) is 1.60. The molecule has 0 aliphatic heterocycles. The number of nitrogens with one attached hydrogen (secondary N) is 1. The molecule has 3 atom stereocenters. The van der Waals surface area contributed by atoms with E-state index >= 15 is 0 Å². The Morgan fingerprint density at radius 1 is 0.367 bits per heavy atom. The molecule has 0 rings (SSSR count). The molecule has 3 N–H and O–H groups in total. The fourth-order valence-corrected chi connectivity index (χ4v) is 13.9. The molecule has 0 heterocycles. The normalized spacial score (nSPS) is 13.5. The van der Waals surface area contributed by atoms with Gasteiger partial charge in [0.25, 0.3) is 0 Å². The van der Waals surface area contributed by atoms with Crippen LogP contribution in [0.3, 0.4) is 0 Å². The third-order valence-electron chi connectivity index (χ3n) is 19.5. The summed E-state index contributed by atoms with van der Waals surface area (Å²) in [6, 6.07) is -0.845. The first-order chi connectivity index (χ1) is 44.0. The van der Waals surface area contributed by atoms with Crippen molar-refractivity contribution in [3.8, 4) is 0 Å². The van der Waals surface area contributed by atoms with E-state index in [9.17, 15) is 19.4 Å². The Bertz CT molecular complexity index is 1470. The Kier molecular flexibility index (Phi) is 71.9. The quantitative estimate of drug-likeness (QED) is 0.0243. The SMILES string of the molecule is CCCCCCCCCCCCCCCCCCCCCCCCCCC/C=C/C(O)C(COP(=O)(O)OCC[N+](C)(C)C)NC(=O)CCCCCCCCCCCCCCCCCCCCCCCCCCCCCCCCCCCCCCCCCCC. The van der Waals surface area contributed by atoms with Gasteiger partial charge in [-0.05, 0) is 19.3 Å². The lowest BCUT2D eigenvalue weighted by molar-refractivity contribution is -0.870. The van der Waals surface area contributed by atoms with Crippen molar-refractivity contribution in [2.75, 3.05) is 40.9 Å². The first kappa shape index (κ1) is 89.2. The number of likely N-dealkylation sites (N-methyl/N-ethyl adjacent to an activating group) is 1. The van der Waals surface area contributed by atoms with Crippen LogP contribution in [-0.2, 0) is 18.4 Å². The number of rotatable bonds is 78. The zero-order valence-electron chi connectivity index (χ0n) is 61.9. The molecule has 1 amide bonds. The van der Waals surface area contributed by atoms with Crippen molar-refractivity contribution in [2.45, 2.75) is 463 Å². The lowest BCUT2D eigenvalue weighted by Gasteiger charge is -2.25. The van der Waals surface area contributed by atoms with Crippen LogP contribution in [0.15, 0.2) is 12.2 Å². The van der Waals surface area contributed by atoms with Crippen LogP contribution in [0.2, 0.25) is 0 Å². The number of quaternary nitrogens is 1. The van der Waals surface area contributed by atoms with Gasteiger partial charge in [-0.25, -0.2) is 4.57 Å². The number of nitrogens with zero attached hydrogens (tertiary/aromatic N) is 1. The minimum Gasteiger partial charge on any atom is -0.387 e. The maximum absolute atomic E-state index is 13.1. The van der Waals surface area contributed by atoms with Gasteiger partial charge in [-0.15, -0.1) is 0 Å². The monoisotopic (exact) mass is 1290 g/mol. The molecule has 0 fully saturated rings. The van der Waals surface area contributed by atoms with Gasteiger partial charge in [-0.2, -0.15) is 0 Å². The number of amides is 1. The molecule has 0 aromatic rings. The summed E-state index contributed by atoms with van der Waals surface area (Å²) < 4.78 is 23.9. The molecule has 0 bridgehead atoms. The van der Waals surface area contributed by atoms with E-state index in [0.717, 1.165) is 32.1 Å². The number of unbranched alkanes of at least 4 members (excludes halogenated alkanes) is 65. The highest BCUT2D eigenvalue weighted by Crippen LogP contribution is 2.43. The second kappa shape index (κ2) is 72.5. The van der Waals surface area contributed by atoms with Crippen molar-refractivity contribution in [2.24, 2.45) is 0 Å². The number of carbonyl (C=O) groups is 1. The standard InChI is InChI=1S/C81H163N2O6P/c1-6-8-10-12-14-16-18-20-22-24-26-28-30-32-34-35-36-37-38-39-40-41-42-43-44-45-46-47-49-51-53-55-57-59-61-63-65-67-69-71-73-75-81(85)82-79(78-89-90(86,87)88-77-76-83(3,4)5)80(84)74-72-70-68-66-64-62-60-58-56-54-52-50-48-33-31-29-27-25-23-21-19-17-15-13-11-9-7-2/h72,74,79-80,84H,6-71,73,75-78H2,1-5H3,(H-,82,85,86,87)/p+1/b74-72+. The van der Waals surface area contributed by atoms with Gasteiger partial charge in [0, 0.05) is 6.42 Å². The van der Waals surface area contributed by atoms with E-state index in [-0.39, 0.29) is 19.1 Å². The molecule has 0 aromatic heterocycles. The summed E-state index contributed by atoms with van der Waals surface area (Å²) in [5.41, 5.74) is 0. The first-order valence-electron chi connectivity index (χ1n) is 41.1. The molecule has 538 valence electrons. The second-order valence-corrected chi connectivity index (χ2v) is 31.3. The number of aliphatic hydroxyl groups excluding tert-OH is 1. The van der Waals surface area contributed by atoms with Crippen LogP contribution in [0.1, 0.15) is 450 Å². The minimum atomic E-state index is -4.35. The molecule has 0 saturated heterocycles. The van der Waals surface area contributed by atoms with Crippen molar-refractivity contribution in [3.63, 3.8) is 0 Å². The Balaban J connectivity index is 3.87. The van der Waals surface area contributed by atoms with Crippen molar-refractivity contribution in [1.82, 2.24) is 5.32 Å². The lowest BCUT2D eigenvalue weighted by atomic mass is 10.0. The maximum Gasteiger partial charge on any atom is 0.472 e. The average Bonchev–Trinajstić information content (AvgIpc) is 3.39. The number of phosphoric acid groups is 1. The van der Waals surface area contributed by atoms with E-state index in [4.69, 9.17) is 9.05 Å².